The SMILES string of the molecule is N#CC1(NC(=O)[C@@H](CC(F)(F)Cc2ccccc2F)C2N(C(N)=O)CC23CCN(C2CC2)CC3)CC1. The summed E-state index contributed by atoms with van der Waals surface area (Å²) in [6.45, 7) is 1.91. The lowest BCUT2D eigenvalue weighted by Crippen LogP contribution is -2.73. The number of amides is 3. The third-order valence-corrected chi connectivity index (χ3v) is 8.56. The summed E-state index contributed by atoms with van der Waals surface area (Å²) in [6.07, 6.45) is 2.88. The molecule has 4 fully saturated rings. The van der Waals surface area contributed by atoms with Crippen LogP contribution in [-0.2, 0) is 11.2 Å². The minimum atomic E-state index is -3.41. The number of benzene rings is 1. The van der Waals surface area contributed by atoms with Gasteiger partial charge in [0.05, 0.1) is 18.0 Å². The first-order valence-corrected chi connectivity index (χ1v) is 12.7. The van der Waals surface area contributed by atoms with Gasteiger partial charge in [-0.3, -0.25) is 4.79 Å². The molecule has 1 aromatic carbocycles. The highest BCUT2D eigenvalue weighted by molar-refractivity contribution is 5.83. The lowest BCUT2D eigenvalue weighted by Gasteiger charge is -2.62. The van der Waals surface area contributed by atoms with Gasteiger partial charge in [-0.25, -0.2) is 18.0 Å². The Hall–Kier alpha value is -2.80. The first-order chi connectivity index (χ1) is 17.1. The monoisotopic (exact) mass is 503 g/mol. The fourth-order valence-electron chi connectivity index (χ4n) is 6.22. The maximum atomic E-state index is 15.5. The summed E-state index contributed by atoms with van der Waals surface area (Å²) in [5, 5.41) is 12.2. The van der Waals surface area contributed by atoms with Crippen molar-refractivity contribution in [2.75, 3.05) is 19.6 Å². The minimum Gasteiger partial charge on any atom is -0.351 e. The molecule has 2 aliphatic heterocycles. The highest BCUT2D eigenvalue weighted by Gasteiger charge is 2.61. The van der Waals surface area contributed by atoms with Gasteiger partial charge in [0, 0.05) is 30.8 Å². The van der Waals surface area contributed by atoms with Crippen molar-refractivity contribution in [1.29, 1.82) is 5.26 Å². The quantitative estimate of drug-likeness (QED) is 0.569. The van der Waals surface area contributed by atoms with E-state index in [4.69, 9.17) is 5.73 Å². The average Bonchev–Trinajstić information content (AvgIpc) is 3.74. The van der Waals surface area contributed by atoms with Crippen LogP contribution in [0.1, 0.15) is 50.5 Å². The molecule has 10 heteroatoms. The molecule has 7 nitrogen and oxygen atoms in total. The molecule has 1 unspecified atom stereocenters. The van der Waals surface area contributed by atoms with Gasteiger partial charge >= 0.3 is 6.03 Å². The summed E-state index contributed by atoms with van der Waals surface area (Å²) in [4.78, 5) is 29.5. The molecule has 4 aliphatic rings. The van der Waals surface area contributed by atoms with E-state index in [2.05, 4.69) is 16.3 Å². The lowest BCUT2D eigenvalue weighted by atomic mass is 9.60. The molecule has 0 aromatic heterocycles. The highest BCUT2D eigenvalue weighted by atomic mass is 19.3. The lowest BCUT2D eigenvalue weighted by molar-refractivity contribution is -0.153. The van der Waals surface area contributed by atoms with Crippen LogP contribution in [0, 0.1) is 28.5 Å². The molecule has 1 spiro atoms. The Kier molecular flexibility index (Phi) is 6.18. The van der Waals surface area contributed by atoms with E-state index in [1.54, 1.807) is 0 Å². The summed E-state index contributed by atoms with van der Waals surface area (Å²) in [7, 11) is 0. The number of nitriles is 1. The number of alkyl halides is 2. The van der Waals surface area contributed by atoms with Crippen molar-refractivity contribution in [3.63, 3.8) is 0 Å². The number of primary amides is 1. The van der Waals surface area contributed by atoms with Crippen LogP contribution in [0.4, 0.5) is 18.0 Å². The zero-order valence-corrected chi connectivity index (χ0v) is 20.2. The summed E-state index contributed by atoms with van der Waals surface area (Å²) in [5.41, 5.74) is 3.97. The molecule has 194 valence electrons. The number of carbonyl (C=O) groups excluding carboxylic acids is 2. The second-order valence-corrected chi connectivity index (χ2v) is 11.2. The third kappa shape index (κ3) is 4.77. The maximum Gasteiger partial charge on any atom is 0.315 e. The van der Waals surface area contributed by atoms with Crippen LogP contribution in [0.15, 0.2) is 24.3 Å². The van der Waals surface area contributed by atoms with E-state index in [0.29, 0.717) is 38.3 Å². The largest absolute Gasteiger partial charge is 0.351 e. The Morgan fingerprint density at radius 2 is 1.86 bits per heavy atom. The highest BCUT2D eigenvalue weighted by Crippen LogP contribution is 2.52. The predicted molar refractivity (Wildman–Crippen MR) is 125 cm³/mol. The number of nitrogens with one attached hydrogen (secondary N) is 1. The first-order valence-electron chi connectivity index (χ1n) is 12.7. The van der Waals surface area contributed by atoms with E-state index in [9.17, 15) is 19.2 Å². The molecule has 3 N–H and O–H groups in total. The normalized spacial score (nSPS) is 25.5. The molecule has 1 aromatic rings. The number of nitrogens with zero attached hydrogens (tertiary/aromatic N) is 3. The summed E-state index contributed by atoms with van der Waals surface area (Å²) >= 11 is 0. The number of piperidine rings is 1. The van der Waals surface area contributed by atoms with E-state index in [-0.39, 0.29) is 5.56 Å². The van der Waals surface area contributed by atoms with Crippen molar-refractivity contribution < 1.29 is 22.8 Å². The topological polar surface area (TPSA) is 102 Å². The van der Waals surface area contributed by atoms with Crippen molar-refractivity contribution in [3.05, 3.63) is 35.6 Å². The van der Waals surface area contributed by atoms with Crippen LogP contribution in [-0.4, -0.2) is 64.9 Å². The standard InChI is InChI=1S/C26H32F3N5O2/c27-20-4-2-1-3-17(20)13-26(28,29)14-19(22(35)32-25(15-30)7-8-25)21-24(16-34(21)23(31)36)9-11-33(12-10-24)18-5-6-18/h1-4,18-19,21H,5-14,16H2,(H2,31,36)(H,32,35)/t19-,21?/m0/s1. The van der Waals surface area contributed by atoms with E-state index < -0.39 is 59.4 Å². The van der Waals surface area contributed by atoms with Gasteiger partial charge in [-0.05, 0) is 63.2 Å². The second kappa shape index (κ2) is 8.94. The Balaban J connectivity index is 1.42. The first kappa shape index (κ1) is 24.9. The van der Waals surface area contributed by atoms with Crippen molar-refractivity contribution in [2.45, 2.75) is 74.9 Å². The molecular formula is C26H32F3N5O2. The van der Waals surface area contributed by atoms with Gasteiger partial charge in [-0.15, -0.1) is 0 Å². The molecule has 0 radical (unpaired) electrons. The van der Waals surface area contributed by atoms with Gasteiger partial charge in [-0.1, -0.05) is 18.2 Å². The fourth-order valence-corrected chi connectivity index (χ4v) is 6.22. The number of carbonyl (C=O) groups is 2. The second-order valence-electron chi connectivity index (χ2n) is 11.2. The Morgan fingerprint density at radius 1 is 1.19 bits per heavy atom. The third-order valence-electron chi connectivity index (χ3n) is 8.56. The van der Waals surface area contributed by atoms with Crippen LogP contribution in [0.5, 0.6) is 0 Å². The van der Waals surface area contributed by atoms with Gasteiger partial charge in [-0.2, -0.15) is 5.26 Å². The minimum absolute atomic E-state index is 0.134. The van der Waals surface area contributed by atoms with E-state index in [0.717, 1.165) is 32.0 Å². The zero-order valence-electron chi connectivity index (χ0n) is 20.2. The number of likely N-dealkylation sites (tertiary alicyclic amines) is 2. The molecule has 5 rings (SSSR count). The number of hydrogen-bond donors (Lipinski definition) is 2. The van der Waals surface area contributed by atoms with E-state index in [1.165, 1.54) is 23.1 Å². The van der Waals surface area contributed by atoms with Gasteiger partial charge in [0.1, 0.15) is 11.4 Å². The van der Waals surface area contributed by atoms with Crippen molar-refractivity contribution >= 4 is 11.9 Å². The Morgan fingerprint density at radius 3 is 2.42 bits per heavy atom. The molecule has 2 heterocycles. The molecular weight excluding hydrogens is 471 g/mol. The van der Waals surface area contributed by atoms with Gasteiger partial charge in [0.15, 0.2) is 0 Å². The van der Waals surface area contributed by atoms with Crippen LogP contribution in [0.25, 0.3) is 0 Å². The fraction of sp³-hybridized carbons (Fsp3) is 0.654. The number of nitrogens with two attached hydrogens (primary N) is 1. The summed E-state index contributed by atoms with van der Waals surface area (Å²) < 4.78 is 45.1. The van der Waals surface area contributed by atoms with Crippen LogP contribution in [0.2, 0.25) is 0 Å². The number of urea groups is 1. The molecule has 2 saturated heterocycles. The summed E-state index contributed by atoms with van der Waals surface area (Å²) in [6, 6.07) is 6.46. The Bertz CT molecular complexity index is 1070. The molecule has 2 saturated carbocycles. The summed E-state index contributed by atoms with van der Waals surface area (Å²) in [5.74, 6) is -6.08. The van der Waals surface area contributed by atoms with Crippen molar-refractivity contribution in [3.8, 4) is 6.07 Å². The maximum absolute atomic E-state index is 15.5. The average molecular weight is 504 g/mol. The van der Waals surface area contributed by atoms with Gasteiger partial charge in [0.2, 0.25) is 5.91 Å². The molecule has 36 heavy (non-hydrogen) atoms. The van der Waals surface area contributed by atoms with Crippen LogP contribution >= 0.6 is 0 Å². The molecule has 0 bridgehead atoms. The zero-order chi connectivity index (χ0) is 25.7. The van der Waals surface area contributed by atoms with Crippen LogP contribution < -0.4 is 11.1 Å². The molecule has 3 amide bonds. The molecule has 2 aliphatic carbocycles. The van der Waals surface area contributed by atoms with Crippen LogP contribution in [0.3, 0.4) is 0 Å². The van der Waals surface area contributed by atoms with E-state index >= 15 is 8.78 Å². The van der Waals surface area contributed by atoms with Crippen molar-refractivity contribution in [1.82, 2.24) is 15.1 Å². The molecule has 2 atom stereocenters. The van der Waals surface area contributed by atoms with Gasteiger partial charge < -0.3 is 20.9 Å². The van der Waals surface area contributed by atoms with E-state index in [1.807, 2.05) is 0 Å². The van der Waals surface area contributed by atoms with Crippen molar-refractivity contribution in [2.24, 2.45) is 17.1 Å². The number of rotatable bonds is 8. The number of hydrogen-bond acceptors (Lipinski definition) is 4. The number of halogens is 3. The smallest absolute Gasteiger partial charge is 0.315 e. The van der Waals surface area contributed by atoms with Gasteiger partial charge in [0.25, 0.3) is 5.92 Å². The predicted octanol–water partition coefficient (Wildman–Crippen LogP) is 3.19. The Labute approximate surface area is 208 Å².